The maximum absolute atomic E-state index is 11.5. The topological polar surface area (TPSA) is 109 Å². The largest absolute Gasteiger partial charge is 0.463 e. The number of aliphatic hydroxyl groups excluding tert-OH is 3. The summed E-state index contributed by atoms with van der Waals surface area (Å²) in [5.74, 6) is -0.598. The van der Waals surface area contributed by atoms with Crippen LogP contribution in [0, 0.1) is 11.8 Å². The zero-order chi connectivity index (χ0) is 19.4. The number of hydrogen-bond donors (Lipinski definition) is 3. The van der Waals surface area contributed by atoms with Gasteiger partial charge in [0.1, 0.15) is 6.10 Å². The van der Waals surface area contributed by atoms with E-state index >= 15 is 0 Å². The highest BCUT2D eigenvalue weighted by Crippen LogP contribution is 2.38. The van der Waals surface area contributed by atoms with Crippen molar-refractivity contribution < 1.29 is 34.3 Å². The summed E-state index contributed by atoms with van der Waals surface area (Å²) in [6.07, 6.45) is -0.625. The molecule has 0 aliphatic carbocycles. The zero-order valence-corrected chi connectivity index (χ0v) is 16.0. The molecule has 8 atom stereocenters. The molecule has 2 saturated heterocycles. The third-order valence-corrected chi connectivity index (χ3v) is 5.35. The molecule has 7 nitrogen and oxygen atoms in total. The van der Waals surface area contributed by atoms with Crippen LogP contribution >= 0.6 is 0 Å². The number of carbonyl (C=O) groups is 1. The van der Waals surface area contributed by atoms with E-state index in [0.29, 0.717) is 26.1 Å². The van der Waals surface area contributed by atoms with Gasteiger partial charge in [0.15, 0.2) is 0 Å². The van der Waals surface area contributed by atoms with E-state index in [1.54, 1.807) is 20.8 Å². The van der Waals surface area contributed by atoms with Crippen LogP contribution in [-0.4, -0.2) is 71.1 Å². The SMILES string of the molecule is CCOC(=O)/C=C(/C)CC1OCC(CC2OC2C(C)C(C)O)C(O)C1O. The molecule has 3 N–H and O–H groups in total. The van der Waals surface area contributed by atoms with Gasteiger partial charge < -0.3 is 29.5 Å². The molecule has 7 heteroatoms. The fourth-order valence-corrected chi connectivity index (χ4v) is 3.47. The first kappa shape index (κ1) is 21.3. The minimum atomic E-state index is -1.02. The first-order valence-corrected chi connectivity index (χ1v) is 9.39. The lowest BCUT2D eigenvalue weighted by atomic mass is 9.85. The van der Waals surface area contributed by atoms with E-state index < -0.39 is 30.4 Å². The maximum atomic E-state index is 11.5. The van der Waals surface area contributed by atoms with Gasteiger partial charge >= 0.3 is 5.97 Å². The summed E-state index contributed by atoms with van der Waals surface area (Å²) in [5, 5.41) is 30.5. The molecule has 2 rings (SSSR count). The third kappa shape index (κ3) is 5.50. The van der Waals surface area contributed by atoms with Crippen LogP contribution < -0.4 is 0 Å². The molecule has 2 fully saturated rings. The van der Waals surface area contributed by atoms with Crippen LogP contribution in [0.25, 0.3) is 0 Å². The molecule has 2 aliphatic rings. The zero-order valence-electron chi connectivity index (χ0n) is 16.0. The van der Waals surface area contributed by atoms with E-state index in [-0.39, 0.29) is 24.0 Å². The van der Waals surface area contributed by atoms with Crippen molar-refractivity contribution in [2.45, 2.75) is 77.2 Å². The molecule has 26 heavy (non-hydrogen) atoms. The number of epoxide rings is 1. The van der Waals surface area contributed by atoms with Gasteiger partial charge in [0.05, 0.1) is 43.7 Å². The Hall–Kier alpha value is -0.990. The Morgan fingerprint density at radius 2 is 1.96 bits per heavy atom. The van der Waals surface area contributed by atoms with E-state index in [1.165, 1.54) is 6.08 Å². The predicted octanol–water partition coefficient (Wildman–Crippen LogP) is 0.797. The second-order valence-corrected chi connectivity index (χ2v) is 7.53. The highest BCUT2D eigenvalue weighted by Gasteiger charge is 2.48. The fourth-order valence-electron chi connectivity index (χ4n) is 3.47. The van der Waals surface area contributed by atoms with Crippen molar-refractivity contribution in [2.75, 3.05) is 13.2 Å². The third-order valence-electron chi connectivity index (χ3n) is 5.35. The lowest BCUT2D eigenvalue weighted by molar-refractivity contribution is -0.165. The van der Waals surface area contributed by atoms with Crippen LogP contribution in [0.15, 0.2) is 11.6 Å². The average Bonchev–Trinajstić information content (AvgIpc) is 3.33. The van der Waals surface area contributed by atoms with Gasteiger partial charge in [0.2, 0.25) is 0 Å². The Labute approximate surface area is 154 Å². The van der Waals surface area contributed by atoms with Crippen molar-refractivity contribution in [1.82, 2.24) is 0 Å². The minimum absolute atomic E-state index is 0.00757. The number of rotatable bonds is 8. The van der Waals surface area contributed by atoms with Crippen LogP contribution in [0.4, 0.5) is 0 Å². The Morgan fingerprint density at radius 3 is 2.58 bits per heavy atom. The Kier molecular flexibility index (Phi) is 7.61. The smallest absolute Gasteiger partial charge is 0.330 e. The molecule has 0 aromatic rings. The van der Waals surface area contributed by atoms with Crippen molar-refractivity contribution in [1.29, 1.82) is 0 Å². The normalized spacial score (nSPS) is 37.1. The van der Waals surface area contributed by atoms with Crippen LogP contribution in [-0.2, 0) is 19.0 Å². The van der Waals surface area contributed by atoms with Crippen molar-refractivity contribution in [2.24, 2.45) is 11.8 Å². The molecule has 0 radical (unpaired) electrons. The van der Waals surface area contributed by atoms with Crippen molar-refractivity contribution in [3.63, 3.8) is 0 Å². The van der Waals surface area contributed by atoms with Crippen LogP contribution in [0.3, 0.4) is 0 Å². The van der Waals surface area contributed by atoms with E-state index in [2.05, 4.69) is 0 Å². The van der Waals surface area contributed by atoms with Gasteiger partial charge in [-0.1, -0.05) is 12.5 Å². The first-order chi connectivity index (χ1) is 12.2. The molecule has 0 saturated carbocycles. The average molecular weight is 372 g/mol. The van der Waals surface area contributed by atoms with Crippen LogP contribution in [0.2, 0.25) is 0 Å². The molecule has 150 valence electrons. The lowest BCUT2D eigenvalue weighted by Gasteiger charge is -2.38. The quantitative estimate of drug-likeness (QED) is 0.328. The number of esters is 1. The standard InChI is InChI=1S/C19H32O7/c1-5-24-16(21)7-10(2)6-14-18(23)17(22)13(9-25-14)8-15-19(26-15)11(3)12(4)20/h7,11-15,17-20,22-23H,5-6,8-9H2,1-4H3/b10-7-. The molecule has 2 aliphatic heterocycles. The second kappa shape index (κ2) is 9.28. The van der Waals surface area contributed by atoms with E-state index in [9.17, 15) is 20.1 Å². The highest BCUT2D eigenvalue weighted by molar-refractivity contribution is 5.82. The number of ether oxygens (including phenoxy) is 3. The molecule has 0 amide bonds. The van der Waals surface area contributed by atoms with Gasteiger partial charge in [-0.15, -0.1) is 0 Å². The Morgan fingerprint density at radius 1 is 1.27 bits per heavy atom. The predicted molar refractivity (Wildman–Crippen MR) is 94.4 cm³/mol. The van der Waals surface area contributed by atoms with Gasteiger partial charge in [-0.3, -0.25) is 0 Å². The summed E-state index contributed by atoms with van der Waals surface area (Å²) < 4.78 is 16.2. The molecular formula is C19H32O7. The summed E-state index contributed by atoms with van der Waals surface area (Å²) in [7, 11) is 0. The molecule has 0 aromatic heterocycles. The monoisotopic (exact) mass is 372 g/mol. The fraction of sp³-hybridized carbons (Fsp3) is 0.842. The second-order valence-electron chi connectivity index (χ2n) is 7.53. The lowest BCUT2D eigenvalue weighted by Crippen LogP contribution is -2.50. The van der Waals surface area contributed by atoms with E-state index in [1.807, 2.05) is 6.92 Å². The van der Waals surface area contributed by atoms with Gasteiger partial charge in [-0.05, 0) is 33.6 Å². The molecule has 0 bridgehead atoms. The van der Waals surface area contributed by atoms with Crippen molar-refractivity contribution >= 4 is 5.97 Å². The van der Waals surface area contributed by atoms with Gasteiger partial charge in [0, 0.05) is 17.9 Å². The first-order valence-electron chi connectivity index (χ1n) is 9.39. The van der Waals surface area contributed by atoms with E-state index in [0.717, 1.165) is 5.57 Å². The molecule has 0 spiro atoms. The van der Waals surface area contributed by atoms with Gasteiger partial charge in [0.25, 0.3) is 0 Å². The van der Waals surface area contributed by atoms with Crippen LogP contribution in [0.1, 0.15) is 40.5 Å². The Bertz CT molecular complexity index is 504. The summed E-state index contributed by atoms with van der Waals surface area (Å²) >= 11 is 0. The van der Waals surface area contributed by atoms with Gasteiger partial charge in [-0.2, -0.15) is 0 Å². The number of hydrogen-bond acceptors (Lipinski definition) is 7. The summed E-state index contributed by atoms with van der Waals surface area (Å²) in [6, 6.07) is 0. The van der Waals surface area contributed by atoms with Crippen LogP contribution in [0.5, 0.6) is 0 Å². The van der Waals surface area contributed by atoms with E-state index in [4.69, 9.17) is 14.2 Å². The molecule has 0 aromatic carbocycles. The number of carbonyl (C=O) groups excluding carboxylic acids is 1. The number of aliphatic hydroxyl groups is 3. The van der Waals surface area contributed by atoms with Gasteiger partial charge in [-0.25, -0.2) is 4.79 Å². The Balaban J connectivity index is 1.83. The van der Waals surface area contributed by atoms with Crippen molar-refractivity contribution in [3.05, 3.63) is 11.6 Å². The summed E-state index contributed by atoms with van der Waals surface area (Å²) in [5.41, 5.74) is 0.731. The minimum Gasteiger partial charge on any atom is -0.463 e. The summed E-state index contributed by atoms with van der Waals surface area (Å²) in [4.78, 5) is 11.5. The molecule has 8 unspecified atom stereocenters. The molecular weight excluding hydrogens is 340 g/mol. The molecule has 2 heterocycles. The highest BCUT2D eigenvalue weighted by atomic mass is 16.6. The summed E-state index contributed by atoms with van der Waals surface area (Å²) in [6.45, 7) is 7.82. The van der Waals surface area contributed by atoms with Crippen molar-refractivity contribution in [3.8, 4) is 0 Å². The maximum Gasteiger partial charge on any atom is 0.330 e.